The zero-order chi connectivity index (χ0) is 16.8. The predicted molar refractivity (Wildman–Crippen MR) is 89.2 cm³/mol. The fourth-order valence-electron chi connectivity index (χ4n) is 2.80. The summed E-state index contributed by atoms with van der Waals surface area (Å²) in [5, 5.41) is 2.99. The van der Waals surface area contributed by atoms with Crippen LogP contribution in [0.4, 0.5) is 0 Å². The maximum atomic E-state index is 12.5. The Bertz CT molecular complexity index is 532. The van der Waals surface area contributed by atoms with Gasteiger partial charge in [0.2, 0.25) is 11.8 Å². The quantitative estimate of drug-likeness (QED) is 0.839. The first kappa shape index (κ1) is 17.3. The summed E-state index contributed by atoms with van der Waals surface area (Å²) in [6.07, 6.45) is 1.85. The fourth-order valence-corrected chi connectivity index (χ4v) is 2.80. The van der Waals surface area contributed by atoms with Crippen LogP contribution in [-0.4, -0.2) is 41.4 Å². The van der Waals surface area contributed by atoms with Crippen LogP contribution in [-0.2, 0) is 9.59 Å². The number of nitrogens with zero attached hydrogens (tertiary/aromatic N) is 1. The largest absolute Gasteiger partial charge is 0.489 e. The molecule has 0 unspecified atom stereocenters. The van der Waals surface area contributed by atoms with E-state index < -0.39 is 0 Å². The second-order valence-corrected chi connectivity index (χ2v) is 6.05. The maximum Gasteiger partial charge on any atom is 0.243 e. The van der Waals surface area contributed by atoms with E-state index in [0.29, 0.717) is 19.4 Å². The lowest BCUT2D eigenvalue weighted by Crippen LogP contribution is -2.52. The van der Waals surface area contributed by atoms with Crippen LogP contribution in [0.3, 0.4) is 0 Å². The van der Waals surface area contributed by atoms with Crippen molar-refractivity contribution in [1.82, 2.24) is 10.2 Å². The normalized spacial score (nSPS) is 18.4. The highest BCUT2D eigenvalue weighted by molar-refractivity contribution is 5.88. The van der Waals surface area contributed by atoms with E-state index in [1.807, 2.05) is 51.1 Å². The highest BCUT2D eigenvalue weighted by Gasteiger charge is 2.32. The summed E-state index contributed by atoms with van der Waals surface area (Å²) in [5.41, 5.74) is 0. The van der Waals surface area contributed by atoms with Crippen molar-refractivity contribution in [3.05, 3.63) is 30.3 Å². The van der Waals surface area contributed by atoms with Crippen LogP contribution in [0, 0.1) is 0 Å². The van der Waals surface area contributed by atoms with Crippen molar-refractivity contribution < 1.29 is 14.3 Å². The molecule has 1 aromatic carbocycles. The van der Waals surface area contributed by atoms with Gasteiger partial charge in [0.1, 0.15) is 17.9 Å². The molecular weight excluding hydrogens is 292 g/mol. The van der Waals surface area contributed by atoms with Gasteiger partial charge in [-0.25, -0.2) is 0 Å². The monoisotopic (exact) mass is 318 g/mol. The summed E-state index contributed by atoms with van der Waals surface area (Å²) in [6, 6.07) is 9.02. The van der Waals surface area contributed by atoms with Crippen LogP contribution in [0.15, 0.2) is 30.3 Å². The van der Waals surface area contributed by atoms with E-state index in [4.69, 9.17) is 4.74 Å². The Morgan fingerprint density at radius 2 is 2.00 bits per heavy atom. The molecule has 126 valence electrons. The summed E-state index contributed by atoms with van der Waals surface area (Å²) < 4.78 is 5.84. The van der Waals surface area contributed by atoms with E-state index in [-0.39, 0.29) is 30.0 Å². The molecule has 23 heavy (non-hydrogen) atoms. The number of ether oxygens (including phenoxy) is 1. The predicted octanol–water partition coefficient (Wildman–Crippen LogP) is 2.36. The number of hydrogen-bond donors (Lipinski definition) is 1. The molecule has 1 saturated heterocycles. The van der Waals surface area contributed by atoms with Crippen LogP contribution in [0.5, 0.6) is 5.75 Å². The van der Waals surface area contributed by atoms with Gasteiger partial charge < -0.3 is 15.0 Å². The molecule has 3 atom stereocenters. The molecule has 0 radical (unpaired) electrons. The Morgan fingerprint density at radius 3 is 2.57 bits per heavy atom. The van der Waals surface area contributed by atoms with E-state index in [1.165, 1.54) is 0 Å². The molecule has 1 aliphatic rings. The number of nitrogens with one attached hydrogen (secondary N) is 1. The molecule has 0 spiro atoms. The number of benzene rings is 1. The SMILES string of the molecule is CC[C@H](C(=O)N[C@H](C)[C@@H](C)Oc1ccccc1)N1CCCC1=O. The molecule has 0 aromatic heterocycles. The molecule has 0 saturated carbocycles. The van der Waals surface area contributed by atoms with Crippen molar-refractivity contribution in [2.75, 3.05) is 6.54 Å². The lowest BCUT2D eigenvalue weighted by molar-refractivity contribution is -0.138. The van der Waals surface area contributed by atoms with Crippen molar-refractivity contribution in [2.24, 2.45) is 0 Å². The van der Waals surface area contributed by atoms with Crippen molar-refractivity contribution in [1.29, 1.82) is 0 Å². The average Bonchev–Trinajstić information content (AvgIpc) is 2.95. The summed E-state index contributed by atoms with van der Waals surface area (Å²) in [4.78, 5) is 26.1. The summed E-state index contributed by atoms with van der Waals surface area (Å²) in [5.74, 6) is 0.759. The zero-order valence-corrected chi connectivity index (χ0v) is 14.1. The molecule has 1 N–H and O–H groups in total. The van der Waals surface area contributed by atoms with E-state index >= 15 is 0 Å². The summed E-state index contributed by atoms with van der Waals surface area (Å²) >= 11 is 0. The number of carbonyl (C=O) groups excluding carboxylic acids is 2. The first-order valence-electron chi connectivity index (χ1n) is 8.34. The summed E-state index contributed by atoms with van der Waals surface area (Å²) in [6.45, 7) is 6.46. The highest BCUT2D eigenvalue weighted by Crippen LogP contribution is 2.17. The Hall–Kier alpha value is -2.04. The number of carbonyl (C=O) groups is 2. The van der Waals surface area contributed by atoms with Crippen molar-refractivity contribution in [3.63, 3.8) is 0 Å². The minimum absolute atomic E-state index is 0.0771. The number of para-hydroxylation sites is 1. The molecule has 1 aromatic rings. The fraction of sp³-hybridized carbons (Fsp3) is 0.556. The molecule has 1 fully saturated rings. The number of rotatable bonds is 7. The van der Waals surface area contributed by atoms with Gasteiger partial charge in [-0.05, 0) is 38.8 Å². The van der Waals surface area contributed by atoms with Crippen molar-refractivity contribution in [3.8, 4) is 5.75 Å². The molecule has 2 rings (SSSR count). The van der Waals surface area contributed by atoms with Gasteiger partial charge in [-0.2, -0.15) is 0 Å². The van der Waals surface area contributed by atoms with Crippen LogP contribution < -0.4 is 10.1 Å². The number of likely N-dealkylation sites (tertiary alicyclic amines) is 1. The van der Waals surface area contributed by atoms with Gasteiger partial charge in [0.05, 0.1) is 6.04 Å². The molecule has 5 heteroatoms. The molecule has 1 heterocycles. The van der Waals surface area contributed by atoms with Gasteiger partial charge in [0.15, 0.2) is 0 Å². The Kier molecular flexibility index (Phi) is 6.02. The van der Waals surface area contributed by atoms with Crippen molar-refractivity contribution >= 4 is 11.8 Å². The molecule has 0 bridgehead atoms. The molecule has 1 aliphatic heterocycles. The summed E-state index contributed by atoms with van der Waals surface area (Å²) in [7, 11) is 0. The van der Waals surface area contributed by atoms with Gasteiger partial charge in [-0.15, -0.1) is 0 Å². The molecule has 0 aliphatic carbocycles. The smallest absolute Gasteiger partial charge is 0.243 e. The second-order valence-electron chi connectivity index (χ2n) is 6.05. The highest BCUT2D eigenvalue weighted by atomic mass is 16.5. The van der Waals surface area contributed by atoms with Crippen LogP contribution in [0.25, 0.3) is 0 Å². The number of hydrogen-bond acceptors (Lipinski definition) is 3. The minimum atomic E-state index is -0.378. The molecular formula is C18H26N2O3. The Balaban J connectivity index is 1.91. The van der Waals surface area contributed by atoms with E-state index in [9.17, 15) is 9.59 Å². The van der Waals surface area contributed by atoms with Gasteiger partial charge in [-0.3, -0.25) is 9.59 Å². The molecule has 2 amide bonds. The zero-order valence-electron chi connectivity index (χ0n) is 14.1. The van der Waals surface area contributed by atoms with Gasteiger partial charge in [-0.1, -0.05) is 25.1 Å². The van der Waals surface area contributed by atoms with E-state index in [2.05, 4.69) is 5.32 Å². The molecule has 5 nitrogen and oxygen atoms in total. The third-order valence-corrected chi connectivity index (χ3v) is 4.31. The Morgan fingerprint density at radius 1 is 1.30 bits per heavy atom. The topological polar surface area (TPSA) is 58.6 Å². The number of amides is 2. The van der Waals surface area contributed by atoms with E-state index in [1.54, 1.807) is 4.90 Å². The Labute approximate surface area is 138 Å². The average molecular weight is 318 g/mol. The second kappa shape index (κ2) is 7.99. The van der Waals surface area contributed by atoms with Crippen LogP contribution in [0.1, 0.15) is 40.0 Å². The lowest BCUT2D eigenvalue weighted by atomic mass is 10.1. The third-order valence-electron chi connectivity index (χ3n) is 4.31. The van der Waals surface area contributed by atoms with Crippen molar-refractivity contribution in [2.45, 2.75) is 58.2 Å². The standard InChI is InChI=1S/C18H26N2O3/c1-4-16(20-12-8-11-17(20)21)18(22)19-13(2)14(3)23-15-9-6-5-7-10-15/h5-7,9-10,13-14,16H,4,8,11-12H2,1-3H3,(H,19,22)/t13-,14-,16-/m1/s1. The minimum Gasteiger partial charge on any atom is -0.489 e. The van der Waals surface area contributed by atoms with Gasteiger partial charge >= 0.3 is 0 Å². The van der Waals surface area contributed by atoms with E-state index in [0.717, 1.165) is 12.2 Å². The maximum absolute atomic E-state index is 12.5. The first-order chi connectivity index (χ1) is 11.0. The van der Waals surface area contributed by atoms with Gasteiger partial charge in [0.25, 0.3) is 0 Å². The van der Waals surface area contributed by atoms with Crippen LogP contribution in [0.2, 0.25) is 0 Å². The van der Waals surface area contributed by atoms with Gasteiger partial charge in [0, 0.05) is 13.0 Å². The lowest BCUT2D eigenvalue weighted by Gasteiger charge is -2.29. The third kappa shape index (κ3) is 4.47. The first-order valence-corrected chi connectivity index (χ1v) is 8.34. The van der Waals surface area contributed by atoms with Crippen LogP contribution >= 0.6 is 0 Å².